The number of nitrogens with one attached hydrogen (secondary N) is 2. The molecule has 0 bridgehead atoms. The number of nitrogens with zero attached hydrogens (tertiary/aromatic N) is 2. The lowest BCUT2D eigenvalue weighted by atomic mass is 10.2. The van der Waals surface area contributed by atoms with Crippen LogP contribution in [0.25, 0.3) is 11.4 Å². The van der Waals surface area contributed by atoms with Crippen LogP contribution >= 0.6 is 0 Å². The summed E-state index contributed by atoms with van der Waals surface area (Å²) in [6, 6.07) is 21.8. The Morgan fingerprint density at radius 1 is 0.762 bits per heavy atom. The van der Waals surface area contributed by atoms with Gasteiger partial charge in [0.05, 0.1) is 0 Å². The number of rotatable bonds is 4. The van der Waals surface area contributed by atoms with Crippen molar-refractivity contribution in [3.8, 4) is 11.4 Å². The topological polar surface area (TPSA) is 49.8 Å². The third kappa shape index (κ3) is 3.17. The number of aromatic nitrogens is 2. The summed E-state index contributed by atoms with van der Waals surface area (Å²) in [5.74, 6) is 2.24. The third-order valence-electron chi connectivity index (χ3n) is 3.06. The Kier molecular flexibility index (Phi) is 3.78. The van der Waals surface area contributed by atoms with Gasteiger partial charge in [0.2, 0.25) is 0 Å². The van der Waals surface area contributed by atoms with Crippen molar-refractivity contribution in [2.24, 2.45) is 0 Å². The Morgan fingerprint density at radius 2 is 1.38 bits per heavy atom. The highest BCUT2D eigenvalue weighted by Gasteiger charge is 2.06. The van der Waals surface area contributed by atoms with Gasteiger partial charge in [-0.3, -0.25) is 0 Å². The van der Waals surface area contributed by atoms with Crippen molar-refractivity contribution in [3.63, 3.8) is 0 Å². The minimum absolute atomic E-state index is 0.695. The van der Waals surface area contributed by atoms with E-state index >= 15 is 0 Å². The Balaban J connectivity index is 1.98. The van der Waals surface area contributed by atoms with Gasteiger partial charge in [0, 0.05) is 24.4 Å². The summed E-state index contributed by atoms with van der Waals surface area (Å²) in [4.78, 5) is 9.09. The summed E-state index contributed by atoms with van der Waals surface area (Å²) in [5.41, 5.74) is 1.99. The van der Waals surface area contributed by atoms with Crippen LogP contribution in [0.4, 0.5) is 17.3 Å². The van der Waals surface area contributed by atoms with Crippen molar-refractivity contribution in [3.05, 3.63) is 66.7 Å². The maximum absolute atomic E-state index is 4.58. The van der Waals surface area contributed by atoms with Crippen molar-refractivity contribution < 1.29 is 0 Å². The summed E-state index contributed by atoms with van der Waals surface area (Å²) < 4.78 is 0. The van der Waals surface area contributed by atoms with E-state index in [1.54, 1.807) is 0 Å². The number of benzene rings is 2. The van der Waals surface area contributed by atoms with Gasteiger partial charge < -0.3 is 10.6 Å². The minimum atomic E-state index is 0.695. The molecule has 0 fully saturated rings. The molecular weight excluding hydrogens is 260 g/mol. The molecule has 0 unspecified atom stereocenters. The van der Waals surface area contributed by atoms with Gasteiger partial charge in [-0.25, -0.2) is 9.97 Å². The fourth-order valence-electron chi connectivity index (χ4n) is 2.03. The van der Waals surface area contributed by atoms with Crippen LogP contribution in [0.3, 0.4) is 0 Å². The molecule has 104 valence electrons. The van der Waals surface area contributed by atoms with E-state index in [2.05, 4.69) is 20.6 Å². The number of para-hydroxylation sites is 1. The maximum Gasteiger partial charge on any atom is 0.163 e. The van der Waals surface area contributed by atoms with Crippen LogP contribution in [-0.4, -0.2) is 17.0 Å². The first-order valence-corrected chi connectivity index (χ1v) is 6.79. The second-order valence-electron chi connectivity index (χ2n) is 4.57. The van der Waals surface area contributed by atoms with E-state index < -0.39 is 0 Å². The Labute approximate surface area is 123 Å². The molecule has 0 spiro atoms. The lowest BCUT2D eigenvalue weighted by molar-refractivity contribution is 1.17. The highest BCUT2D eigenvalue weighted by atomic mass is 15.1. The fraction of sp³-hybridized carbons (Fsp3) is 0.0588. The van der Waals surface area contributed by atoms with Gasteiger partial charge in [0.25, 0.3) is 0 Å². The molecule has 0 saturated heterocycles. The Hall–Kier alpha value is -2.88. The first-order valence-electron chi connectivity index (χ1n) is 6.79. The van der Waals surface area contributed by atoms with Gasteiger partial charge >= 0.3 is 0 Å². The van der Waals surface area contributed by atoms with Crippen LogP contribution in [0.2, 0.25) is 0 Å². The van der Waals surface area contributed by atoms with E-state index in [0.29, 0.717) is 5.82 Å². The second kappa shape index (κ2) is 6.05. The van der Waals surface area contributed by atoms with Crippen molar-refractivity contribution in [1.29, 1.82) is 0 Å². The van der Waals surface area contributed by atoms with Crippen LogP contribution in [0, 0.1) is 0 Å². The smallest absolute Gasteiger partial charge is 0.163 e. The first-order chi connectivity index (χ1) is 10.3. The molecule has 2 aromatic carbocycles. The van der Waals surface area contributed by atoms with E-state index in [-0.39, 0.29) is 0 Å². The zero-order valence-electron chi connectivity index (χ0n) is 11.7. The van der Waals surface area contributed by atoms with Crippen molar-refractivity contribution >= 4 is 17.3 Å². The molecular formula is C17H16N4. The van der Waals surface area contributed by atoms with Crippen LogP contribution in [0.5, 0.6) is 0 Å². The number of anilines is 3. The molecule has 0 amide bonds. The van der Waals surface area contributed by atoms with Crippen LogP contribution in [0.15, 0.2) is 66.7 Å². The maximum atomic E-state index is 4.58. The zero-order chi connectivity index (χ0) is 14.5. The molecule has 1 aromatic heterocycles. The molecule has 3 rings (SSSR count). The van der Waals surface area contributed by atoms with Gasteiger partial charge in [-0.2, -0.15) is 0 Å². The minimum Gasteiger partial charge on any atom is -0.373 e. The quantitative estimate of drug-likeness (QED) is 0.758. The molecule has 1 heterocycles. The molecule has 21 heavy (non-hydrogen) atoms. The summed E-state index contributed by atoms with van der Waals surface area (Å²) in [6.45, 7) is 0. The third-order valence-corrected chi connectivity index (χ3v) is 3.06. The predicted octanol–water partition coefficient (Wildman–Crippen LogP) is 3.93. The molecule has 2 N–H and O–H groups in total. The standard InChI is InChI=1S/C17H16N4/c1-18-15-12-16(19-14-10-6-3-7-11-14)21-17(20-15)13-8-4-2-5-9-13/h2-12H,1H3,(H2,18,19,20,21). The summed E-state index contributed by atoms with van der Waals surface area (Å²) in [5, 5.41) is 6.37. The second-order valence-corrected chi connectivity index (χ2v) is 4.57. The monoisotopic (exact) mass is 276 g/mol. The van der Waals surface area contributed by atoms with E-state index in [0.717, 1.165) is 22.9 Å². The van der Waals surface area contributed by atoms with Gasteiger partial charge in [-0.1, -0.05) is 48.5 Å². The first kappa shape index (κ1) is 13.1. The summed E-state index contributed by atoms with van der Waals surface area (Å²) >= 11 is 0. The lowest BCUT2D eigenvalue weighted by Gasteiger charge is -2.10. The fourth-order valence-corrected chi connectivity index (χ4v) is 2.03. The Bertz CT molecular complexity index is 711. The molecule has 0 aliphatic rings. The summed E-state index contributed by atoms with van der Waals surface area (Å²) in [6.07, 6.45) is 0. The number of hydrogen-bond donors (Lipinski definition) is 2. The van der Waals surface area contributed by atoms with Crippen LogP contribution in [0.1, 0.15) is 0 Å². The summed E-state index contributed by atoms with van der Waals surface area (Å²) in [7, 11) is 1.85. The van der Waals surface area contributed by atoms with Crippen molar-refractivity contribution in [1.82, 2.24) is 9.97 Å². The van der Waals surface area contributed by atoms with Gasteiger partial charge in [0.15, 0.2) is 5.82 Å². The average molecular weight is 276 g/mol. The predicted molar refractivity (Wildman–Crippen MR) is 86.7 cm³/mol. The molecule has 0 aliphatic carbocycles. The molecule has 0 aliphatic heterocycles. The molecule has 3 aromatic rings. The van der Waals surface area contributed by atoms with E-state index in [1.807, 2.05) is 73.8 Å². The van der Waals surface area contributed by atoms with Gasteiger partial charge in [-0.15, -0.1) is 0 Å². The highest BCUT2D eigenvalue weighted by Crippen LogP contribution is 2.22. The van der Waals surface area contributed by atoms with Crippen LogP contribution < -0.4 is 10.6 Å². The van der Waals surface area contributed by atoms with Gasteiger partial charge in [0.1, 0.15) is 11.6 Å². The van der Waals surface area contributed by atoms with Crippen LogP contribution in [-0.2, 0) is 0 Å². The average Bonchev–Trinajstić information content (AvgIpc) is 2.56. The van der Waals surface area contributed by atoms with Crippen molar-refractivity contribution in [2.45, 2.75) is 0 Å². The highest BCUT2D eigenvalue weighted by molar-refractivity contribution is 5.64. The van der Waals surface area contributed by atoms with Gasteiger partial charge in [-0.05, 0) is 12.1 Å². The van der Waals surface area contributed by atoms with E-state index in [4.69, 9.17) is 0 Å². The van der Waals surface area contributed by atoms with Crippen molar-refractivity contribution in [2.75, 3.05) is 17.7 Å². The molecule has 0 radical (unpaired) electrons. The normalized spacial score (nSPS) is 10.1. The Morgan fingerprint density at radius 3 is 2.05 bits per heavy atom. The molecule has 0 atom stereocenters. The SMILES string of the molecule is CNc1cc(Nc2ccccc2)nc(-c2ccccc2)n1. The molecule has 4 heteroatoms. The van der Waals surface area contributed by atoms with E-state index in [9.17, 15) is 0 Å². The zero-order valence-corrected chi connectivity index (χ0v) is 11.7. The molecule has 4 nitrogen and oxygen atoms in total. The van der Waals surface area contributed by atoms with E-state index in [1.165, 1.54) is 0 Å². The largest absolute Gasteiger partial charge is 0.373 e. The molecule has 0 saturated carbocycles. The number of hydrogen-bond acceptors (Lipinski definition) is 4. The lowest BCUT2D eigenvalue weighted by Crippen LogP contribution is -2.01.